The lowest BCUT2D eigenvalue weighted by atomic mass is 9.92. The predicted octanol–water partition coefficient (Wildman–Crippen LogP) is 1.64. The van der Waals surface area contributed by atoms with E-state index in [-0.39, 0.29) is 11.7 Å². The Labute approximate surface area is 163 Å². The fraction of sp³-hybridized carbons (Fsp3) is 0.650. The van der Waals surface area contributed by atoms with Crippen molar-refractivity contribution < 1.29 is 13.2 Å². The zero-order chi connectivity index (χ0) is 19.4. The number of carbonyl (C=O) groups is 1. The van der Waals surface area contributed by atoms with Gasteiger partial charge in [0.25, 0.3) is 0 Å². The average Bonchev–Trinajstić information content (AvgIpc) is 2.62. The first kappa shape index (κ1) is 20.3. The maximum Gasteiger partial charge on any atom is 0.236 e. The Balaban J connectivity index is 1.49. The van der Waals surface area contributed by atoms with Gasteiger partial charge < -0.3 is 4.90 Å². The summed E-state index contributed by atoms with van der Waals surface area (Å²) in [6, 6.07) is 9.28. The fourth-order valence-corrected chi connectivity index (χ4v) is 5.72. The van der Waals surface area contributed by atoms with Gasteiger partial charge in [0.15, 0.2) is 0 Å². The Kier molecular flexibility index (Phi) is 6.55. The fourth-order valence-electron chi connectivity index (χ4n) is 4.20. The molecule has 0 spiro atoms. The van der Waals surface area contributed by atoms with Crippen molar-refractivity contribution in [3.05, 3.63) is 35.9 Å². The number of likely N-dealkylation sites (tertiary alicyclic amines) is 1. The topological polar surface area (TPSA) is 60.9 Å². The van der Waals surface area contributed by atoms with Crippen LogP contribution in [0.4, 0.5) is 0 Å². The van der Waals surface area contributed by atoms with Crippen LogP contribution in [0, 0.1) is 11.8 Å². The zero-order valence-corrected chi connectivity index (χ0v) is 17.2. The molecular formula is C20H31N3O3S. The number of piperidine rings is 1. The van der Waals surface area contributed by atoms with Gasteiger partial charge in [0.05, 0.1) is 12.3 Å². The molecule has 1 aromatic rings. The van der Waals surface area contributed by atoms with Crippen molar-refractivity contribution in [1.29, 1.82) is 0 Å². The minimum absolute atomic E-state index is 0.0380. The lowest BCUT2D eigenvalue weighted by Crippen LogP contribution is -2.53. The number of hydrogen-bond acceptors (Lipinski definition) is 4. The minimum Gasteiger partial charge on any atom is -0.341 e. The number of rotatable bonds is 5. The predicted molar refractivity (Wildman–Crippen MR) is 107 cm³/mol. The highest BCUT2D eigenvalue weighted by Gasteiger charge is 2.30. The number of nitrogens with zero attached hydrogens (tertiary/aromatic N) is 3. The van der Waals surface area contributed by atoms with Gasteiger partial charge in [0, 0.05) is 39.3 Å². The van der Waals surface area contributed by atoms with E-state index >= 15 is 0 Å². The van der Waals surface area contributed by atoms with Crippen molar-refractivity contribution >= 4 is 15.9 Å². The van der Waals surface area contributed by atoms with Gasteiger partial charge in [-0.15, -0.1) is 0 Å². The first-order valence-electron chi connectivity index (χ1n) is 9.85. The zero-order valence-electron chi connectivity index (χ0n) is 16.4. The normalized spacial score (nSPS) is 25.5. The van der Waals surface area contributed by atoms with E-state index < -0.39 is 10.0 Å². The van der Waals surface area contributed by atoms with E-state index in [9.17, 15) is 13.2 Å². The smallest absolute Gasteiger partial charge is 0.236 e. The molecule has 0 aromatic heterocycles. The van der Waals surface area contributed by atoms with Gasteiger partial charge in [-0.3, -0.25) is 9.69 Å². The highest BCUT2D eigenvalue weighted by Crippen LogP contribution is 2.21. The molecule has 2 fully saturated rings. The lowest BCUT2D eigenvalue weighted by Gasteiger charge is -2.38. The second-order valence-corrected chi connectivity index (χ2v) is 10.1. The van der Waals surface area contributed by atoms with Crippen LogP contribution in [0.1, 0.15) is 25.8 Å². The van der Waals surface area contributed by atoms with E-state index in [0.717, 1.165) is 18.7 Å². The van der Waals surface area contributed by atoms with Crippen LogP contribution in [0.25, 0.3) is 0 Å². The average molecular weight is 394 g/mol. The summed E-state index contributed by atoms with van der Waals surface area (Å²) in [5.41, 5.74) is 0.809. The van der Waals surface area contributed by atoms with Gasteiger partial charge in [-0.2, -0.15) is 4.31 Å². The van der Waals surface area contributed by atoms with Crippen molar-refractivity contribution in [3.8, 4) is 0 Å². The molecule has 2 atom stereocenters. The number of benzene rings is 1. The van der Waals surface area contributed by atoms with E-state index in [1.807, 2.05) is 35.2 Å². The van der Waals surface area contributed by atoms with Gasteiger partial charge >= 0.3 is 0 Å². The molecule has 0 saturated carbocycles. The molecule has 0 N–H and O–H groups in total. The quantitative estimate of drug-likeness (QED) is 0.763. The number of hydrogen-bond donors (Lipinski definition) is 0. The summed E-state index contributed by atoms with van der Waals surface area (Å²) in [5.74, 6) is 1.32. The van der Waals surface area contributed by atoms with Crippen molar-refractivity contribution in [2.24, 2.45) is 11.8 Å². The molecule has 2 unspecified atom stereocenters. The number of piperazine rings is 1. The Morgan fingerprint density at radius 1 is 1.00 bits per heavy atom. The van der Waals surface area contributed by atoms with Crippen LogP contribution in [0.3, 0.4) is 0 Å². The Hall–Kier alpha value is -1.44. The van der Waals surface area contributed by atoms with E-state index in [0.29, 0.717) is 44.6 Å². The lowest BCUT2D eigenvalue weighted by molar-refractivity contribution is -0.135. The van der Waals surface area contributed by atoms with Crippen LogP contribution in [0.5, 0.6) is 0 Å². The summed E-state index contributed by atoms with van der Waals surface area (Å²) in [6.07, 6.45) is 1.18. The maximum atomic E-state index is 12.6. The number of sulfonamides is 1. The van der Waals surface area contributed by atoms with E-state index in [4.69, 9.17) is 0 Å². The van der Waals surface area contributed by atoms with Crippen molar-refractivity contribution in [1.82, 2.24) is 14.1 Å². The summed E-state index contributed by atoms with van der Waals surface area (Å²) in [6.45, 7) is 8.61. The first-order chi connectivity index (χ1) is 12.8. The molecule has 7 heteroatoms. The molecule has 1 aromatic carbocycles. The van der Waals surface area contributed by atoms with Crippen molar-refractivity contribution in [3.63, 3.8) is 0 Å². The van der Waals surface area contributed by atoms with E-state index in [2.05, 4.69) is 18.7 Å². The standard InChI is InChI=1S/C20H31N3O3S/c1-17-12-18(2)14-22(13-17)20(24)15-21-8-10-23(11-9-21)27(25,26)16-19-6-4-3-5-7-19/h3-7,17-18H,8-16H2,1-2H3. The molecular weight excluding hydrogens is 362 g/mol. The third-order valence-corrected chi connectivity index (χ3v) is 7.35. The van der Waals surface area contributed by atoms with Crippen LogP contribution in [-0.2, 0) is 20.6 Å². The third kappa shape index (κ3) is 5.53. The molecule has 2 heterocycles. The van der Waals surface area contributed by atoms with Gasteiger partial charge in [-0.05, 0) is 23.8 Å². The Morgan fingerprint density at radius 2 is 1.59 bits per heavy atom. The second kappa shape index (κ2) is 8.71. The first-order valence-corrected chi connectivity index (χ1v) is 11.5. The third-order valence-electron chi connectivity index (χ3n) is 5.50. The molecule has 2 aliphatic rings. The Morgan fingerprint density at radius 3 is 2.19 bits per heavy atom. The highest BCUT2D eigenvalue weighted by molar-refractivity contribution is 7.88. The van der Waals surface area contributed by atoms with Gasteiger partial charge in [0.1, 0.15) is 0 Å². The van der Waals surface area contributed by atoms with Gasteiger partial charge in [-0.25, -0.2) is 8.42 Å². The number of carbonyl (C=O) groups excluding carboxylic acids is 1. The molecule has 3 rings (SSSR count). The van der Waals surface area contributed by atoms with Crippen LogP contribution < -0.4 is 0 Å². The van der Waals surface area contributed by atoms with Crippen LogP contribution in [0.15, 0.2) is 30.3 Å². The summed E-state index contributed by atoms with van der Waals surface area (Å²) in [4.78, 5) is 16.7. The molecule has 150 valence electrons. The van der Waals surface area contributed by atoms with Crippen LogP contribution in [-0.4, -0.2) is 74.2 Å². The summed E-state index contributed by atoms with van der Waals surface area (Å²) >= 11 is 0. The van der Waals surface area contributed by atoms with Crippen molar-refractivity contribution in [2.45, 2.75) is 26.0 Å². The molecule has 0 aliphatic carbocycles. The molecule has 6 nitrogen and oxygen atoms in total. The molecule has 1 amide bonds. The van der Waals surface area contributed by atoms with Crippen LogP contribution >= 0.6 is 0 Å². The summed E-state index contributed by atoms with van der Waals surface area (Å²) in [5, 5.41) is 0. The van der Waals surface area contributed by atoms with Crippen molar-refractivity contribution in [2.75, 3.05) is 45.8 Å². The molecule has 27 heavy (non-hydrogen) atoms. The van der Waals surface area contributed by atoms with E-state index in [1.54, 1.807) is 4.31 Å². The monoisotopic (exact) mass is 393 g/mol. The molecule has 0 radical (unpaired) electrons. The SMILES string of the molecule is CC1CC(C)CN(C(=O)CN2CCN(S(=O)(=O)Cc3ccccc3)CC2)C1. The minimum atomic E-state index is -3.31. The summed E-state index contributed by atoms with van der Waals surface area (Å²) < 4.78 is 26.8. The largest absolute Gasteiger partial charge is 0.341 e. The van der Waals surface area contributed by atoms with E-state index in [1.165, 1.54) is 6.42 Å². The highest BCUT2D eigenvalue weighted by atomic mass is 32.2. The molecule has 0 bridgehead atoms. The number of amides is 1. The molecule has 2 saturated heterocycles. The van der Waals surface area contributed by atoms with Gasteiger partial charge in [-0.1, -0.05) is 44.2 Å². The Bertz CT molecular complexity index is 720. The summed E-state index contributed by atoms with van der Waals surface area (Å²) in [7, 11) is -3.31. The second-order valence-electron chi connectivity index (χ2n) is 8.16. The maximum absolute atomic E-state index is 12.6. The molecule has 2 aliphatic heterocycles. The van der Waals surface area contributed by atoms with Gasteiger partial charge in [0.2, 0.25) is 15.9 Å². The van der Waals surface area contributed by atoms with Crippen LogP contribution in [0.2, 0.25) is 0 Å².